The van der Waals surface area contributed by atoms with E-state index in [-0.39, 0.29) is 0 Å². The summed E-state index contributed by atoms with van der Waals surface area (Å²) < 4.78 is 37.7. The Balaban J connectivity index is 1.42. The van der Waals surface area contributed by atoms with Crippen molar-refractivity contribution in [3.8, 4) is 0 Å². The van der Waals surface area contributed by atoms with Crippen LogP contribution in [0, 0.1) is 6.92 Å². The van der Waals surface area contributed by atoms with Gasteiger partial charge in [-0.3, -0.25) is 0 Å². The van der Waals surface area contributed by atoms with E-state index in [4.69, 9.17) is 0 Å². The van der Waals surface area contributed by atoms with E-state index in [2.05, 4.69) is 21.3 Å². The summed E-state index contributed by atoms with van der Waals surface area (Å²) in [6, 6.07) is 17.9. The molecule has 6 nitrogen and oxygen atoms in total. The summed E-state index contributed by atoms with van der Waals surface area (Å²) in [7, 11) is 0. The summed E-state index contributed by atoms with van der Waals surface area (Å²) in [4.78, 5) is 24.0. The van der Waals surface area contributed by atoms with Crippen LogP contribution >= 0.6 is 0 Å². The predicted octanol–water partition coefficient (Wildman–Crippen LogP) is 6.60. The fourth-order valence-electron chi connectivity index (χ4n) is 2.86. The van der Waals surface area contributed by atoms with Gasteiger partial charge in [0.15, 0.2) is 0 Å². The number of alkyl halides is 3. The van der Waals surface area contributed by atoms with Crippen LogP contribution in [0.15, 0.2) is 85.2 Å². The molecule has 3 aromatic carbocycles. The lowest BCUT2D eigenvalue weighted by atomic mass is 10.1. The molecule has 0 unspecified atom stereocenters. The fraction of sp³-hybridized carbons (Fsp3) is 0.0769. The number of urea groups is 2. The molecular formula is C26H23F3N4O2. The highest BCUT2D eigenvalue weighted by Crippen LogP contribution is 2.29. The van der Waals surface area contributed by atoms with Crippen LogP contribution in [0.5, 0.6) is 0 Å². The Morgan fingerprint density at radius 2 is 1.06 bits per heavy atom. The maximum absolute atomic E-state index is 12.6. The first-order chi connectivity index (χ1) is 16.7. The van der Waals surface area contributed by atoms with Gasteiger partial charge in [0, 0.05) is 23.8 Å². The molecule has 3 aromatic rings. The number of hydrogen-bond acceptors (Lipinski definition) is 2. The quantitative estimate of drug-likeness (QED) is 0.321. The molecule has 0 spiro atoms. The Morgan fingerprint density at radius 1 is 0.657 bits per heavy atom. The molecule has 0 fully saturated rings. The van der Waals surface area contributed by atoms with Gasteiger partial charge in [-0.05, 0) is 66.6 Å². The first kappa shape index (κ1) is 25.1. The van der Waals surface area contributed by atoms with Gasteiger partial charge in [0.05, 0.1) is 5.56 Å². The van der Waals surface area contributed by atoms with Crippen LogP contribution in [0.3, 0.4) is 0 Å². The molecule has 0 aromatic heterocycles. The third-order valence-corrected chi connectivity index (χ3v) is 4.70. The highest BCUT2D eigenvalue weighted by Gasteiger charge is 2.29. The average Bonchev–Trinajstić information content (AvgIpc) is 2.81. The number of halogens is 3. The van der Waals surface area contributed by atoms with Crippen molar-refractivity contribution >= 4 is 35.6 Å². The molecule has 0 saturated carbocycles. The van der Waals surface area contributed by atoms with Crippen LogP contribution < -0.4 is 21.3 Å². The van der Waals surface area contributed by atoms with Crippen LogP contribution in [0.1, 0.15) is 22.3 Å². The number of carbonyl (C=O) groups is 2. The summed E-state index contributed by atoms with van der Waals surface area (Å²) >= 11 is 0. The second-order valence-electron chi connectivity index (χ2n) is 7.47. The van der Waals surface area contributed by atoms with Gasteiger partial charge in [0.2, 0.25) is 0 Å². The van der Waals surface area contributed by atoms with Crippen molar-refractivity contribution in [3.63, 3.8) is 0 Å². The number of nitrogens with one attached hydrogen (secondary N) is 4. The Hall–Kier alpha value is -4.53. The average molecular weight is 480 g/mol. The van der Waals surface area contributed by atoms with E-state index in [1.807, 2.05) is 31.2 Å². The van der Waals surface area contributed by atoms with E-state index < -0.39 is 23.8 Å². The number of carbonyl (C=O) groups excluding carboxylic acids is 2. The SMILES string of the molecule is Cc1ccc(/C=C/NC(=O)Nc2ccc(NC(=O)N/C=C/c3ccc(C(F)(F)F)cc3)cc2)cc1. The molecular weight excluding hydrogens is 457 g/mol. The second kappa shape index (κ2) is 11.6. The maximum Gasteiger partial charge on any atom is 0.416 e. The molecule has 9 heteroatoms. The molecule has 35 heavy (non-hydrogen) atoms. The van der Waals surface area contributed by atoms with E-state index in [1.54, 1.807) is 36.5 Å². The number of amides is 4. The molecule has 0 bridgehead atoms. The van der Waals surface area contributed by atoms with Crippen molar-refractivity contribution < 1.29 is 22.8 Å². The Morgan fingerprint density at radius 3 is 1.46 bits per heavy atom. The van der Waals surface area contributed by atoms with Crippen molar-refractivity contribution in [2.45, 2.75) is 13.1 Å². The van der Waals surface area contributed by atoms with Gasteiger partial charge >= 0.3 is 18.2 Å². The first-order valence-electron chi connectivity index (χ1n) is 10.5. The Labute approximate surface area is 200 Å². The third-order valence-electron chi connectivity index (χ3n) is 4.70. The number of aryl methyl sites for hydroxylation is 1. The van der Waals surface area contributed by atoms with Crippen LogP contribution in [0.4, 0.5) is 34.1 Å². The van der Waals surface area contributed by atoms with Gasteiger partial charge in [-0.25, -0.2) is 9.59 Å². The lowest BCUT2D eigenvalue weighted by Crippen LogP contribution is -2.24. The summed E-state index contributed by atoms with van der Waals surface area (Å²) in [6.45, 7) is 2.00. The summed E-state index contributed by atoms with van der Waals surface area (Å²) in [5, 5.41) is 10.4. The van der Waals surface area contributed by atoms with Crippen molar-refractivity contribution in [1.82, 2.24) is 10.6 Å². The van der Waals surface area contributed by atoms with Gasteiger partial charge in [-0.2, -0.15) is 13.2 Å². The highest BCUT2D eigenvalue weighted by atomic mass is 19.4. The monoisotopic (exact) mass is 480 g/mol. The summed E-state index contributed by atoms with van der Waals surface area (Å²) in [5.74, 6) is 0. The van der Waals surface area contributed by atoms with Gasteiger partial charge in [0.25, 0.3) is 0 Å². The third kappa shape index (κ3) is 8.39. The fourth-order valence-corrected chi connectivity index (χ4v) is 2.86. The topological polar surface area (TPSA) is 82.3 Å². The van der Waals surface area contributed by atoms with Crippen molar-refractivity contribution in [1.29, 1.82) is 0 Å². The number of benzene rings is 3. The molecule has 0 heterocycles. The Kier molecular flexibility index (Phi) is 8.29. The van der Waals surface area contributed by atoms with Crippen LogP contribution in [-0.2, 0) is 6.18 Å². The van der Waals surface area contributed by atoms with E-state index in [0.29, 0.717) is 16.9 Å². The summed E-state index contributed by atoms with van der Waals surface area (Å²) in [5.41, 5.74) is 2.88. The van der Waals surface area contributed by atoms with Gasteiger partial charge in [-0.15, -0.1) is 0 Å². The van der Waals surface area contributed by atoms with Crippen molar-refractivity contribution in [2.75, 3.05) is 10.6 Å². The molecule has 0 radical (unpaired) electrons. The zero-order chi connectivity index (χ0) is 25.3. The molecule has 0 aliphatic rings. The number of hydrogen-bond donors (Lipinski definition) is 4. The zero-order valence-electron chi connectivity index (χ0n) is 18.7. The minimum atomic E-state index is -4.39. The standard InChI is InChI=1S/C26H23F3N4O2/c1-18-2-4-19(5-3-18)14-16-30-24(34)32-22-10-12-23(13-11-22)33-25(35)31-17-15-20-6-8-21(9-7-20)26(27,28)29/h2-17H,1H3,(H2,30,32,34)(H2,31,33,35)/b16-14+,17-15+. The number of rotatable bonds is 6. The largest absolute Gasteiger partial charge is 0.416 e. The van der Waals surface area contributed by atoms with Gasteiger partial charge < -0.3 is 21.3 Å². The van der Waals surface area contributed by atoms with E-state index in [9.17, 15) is 22.8 Å². The minimum Gasteiger partial charge on any atom is -0.314 e. The lowest BCUT2D eigenvalue weighted by Gasteiger charge is -2.08. The molecule has 180 valence electrons. The smallest absolute Gasteiger partial charge is 0.314 e. The zero-order valence-corrected chi connectivity index (χ0v) is 18.7. The lowest BCUT2D eigenvalue weighted by molar-refractivity contribution is -0.137. The molecule has 0 saturated heterocycles. The number of anilines is 2. The molecule has 0 atom stereocenters. The normalized spacial score (nSPS) is 11.4. The summed E-state index contributed by atoms with van der Waals surface area (Å²) in [6.07, 6.45) is 1.71. The van der Waals surface area contributed by atoms with E-state index in [1.165, 1.54) is 24.4 Å². The van der Waals surface area contributed by atoms with E-state index in [0.717, 1.165) is 23.3 Å². The van der Waals surface area contributed by atoms with Crippen LogP contribution in [0.2, 0.25) is 0 Å². The predicted molar refractivity (Wildman–Crippen MR) is 131 cm³/mol. The molecule has 0 aliphatic heterocycles. The van der Waals surface area contributed by atoms with Gasteiger partial charge in [0.1, 0.15) is 0 Å². The van der Waals surface area contributed by atoms with E-state index >= 15 is 0 Å². The minimum absolute atomic E-state index is 0.416. The van der Waals surface area contributed by atoms with Crippen molar-refractivity contribution in [2.24, 2.45) is 0 Å². The maximum atomic E-state index is 12.6. The first-order valence-corrected chi connectivity index (χ1v) is 10.5. The molecule has 3 rings (SSSR count). The van der Waals surface area contributed by atoms with Crippen LogP contribution in [-0.4, -0.2) is 12.1 Å². The Bertz CT molecular complexity index is 1200. The molecule has 4 N–H and O–H groups in total. The molecule has 0 aliphatic carbocycles. The molecule has 4 amide bonds. The second-order valence-corrected chi connectivity index (χ2v) is 7.47. The highest BCUT2D eigenvalue weighted by molar-refractivity contribution is 5.92. The van der Waals surface area contributed by atoms with Gasteiger partial charge in [-0.1, -0.05) is 42.0 Å². The van der Waals surface area contributed by atoms with Crippen molar-refractivity contribution in [3.05, 3.63) is 107 Å². The van der Waals surface area contributed by atoms with Crippen LogP contribution in [0.25, 0.3) is 12.2 Å².